The Morgan fingerprint density at radius 1 is 1.00 bits per heavy atom. The molecule has 1 amide bonds. The number of nitrogens with one attached hydrogen (secondary N) is 1. The topological polar surface area (TPSA) is 88.2 Å². The van der Waals surface area contributed by atoms with Crippen molar-refractivity contribution in [1.82, 2.24) is 14.5 Å². The predicted molar refractivity (Wildman–Crippen MR) is 116 cm³/mol. The first kappa shape index (κ1) is 21.6. The van der Waals surface area contributed by atoms with E-state index in [9.17, 15) is 13.2 Å². The van der Waals surface area contributed by atoms with Gasteiger partial charge in [0, 0.05) is 32.7 Å². The van der Waals surface area contributed by atoms with E-state index in [0.29, 0.717) is 49.1 Å². The van der Waals surface area contributed by atoms with Crippen molar-refractivity contribution in [1.29, 1.82) is 0 Å². The molecule has 8 nitrogen and oxygen atoms in total. The highest BCUT2D eigenvalue weighted by Crippen LogP contribution is 2.32. The molecule has 0 aliphatic carbocycles. The highest BCUT2D eigenvalue weighted by atomic mass is 32.2. The molecule has 0 spiro atoms. The van der Waals surface area contributed by atoms with Crippen LogP contribution in [0.4, 0.5) is 0 Å². The molecule has 2 heterocycles. The van der Waals surface area contributed by atoms with Gasteiger partial charge in [0.05, 0.1) is 11.4 Å². The summed E-state index contributed by atoms with van der Waals surface area (Å²) >= 11 is 0. The number of hydrogen-bond acceptors (Lipinski definition) is 6. The number of nitrogens with zero attached hydrogens (tertiary/aromatic N) is 2. The van der Waals surface area contributed by atoms with Crippen molar-refractivity contribution in [3.8, 4) is 11.5 Å². The van der Waals surface area contributed by atoms with Crippen molar-refractivity contribution < 1.29 is 22.7 Å². The van der Waals surface area contributed by atoms with Gasteiger partial charge in [-0.3, -0.25) is 9.69 Å². The number of fused-ring (bicyclic) bond motifs is 1. The molecule has 1 fully saturated rings. The van der Waals surface area contributed by atoms with Crippen molar-refractivity contribution in [2.75, 3.05) is 39.5 Å². The quantitative estimate of drug-likeness (QED) is 0.728. The zero-order valence-corrected chi connectivity index (χ0v) is 18.6. The van der Waals surface area contributed by atoms with Crippen LogP contribution >= 0.6 is 0 Å². The van der Waals surface area contributed by atoms with E-state index in [-0.39, 0.29) is 19.2 Å². The Bertz CT molecular complexity index is 1080. The fraction of sp³-hybridized carbons (Fsp3) is 0.409. The lowest BCUT2D eigenvalue weighted by Gasteiger charge is -2.33. The summed E-state index contributed by atoms with van der Waals surface area (Å²) in [4.78, 5) is 14.7. The summed E-state index contributed by atoms with van der Waals surface area (Å²) in [5, 5.41) is 2.91. The Kier molecular flexibility index (Phi) is 6.17. The Labute approximate surface area is 182 Å². The fourth-order valence-electron chi connectivity index (χ4n) is 3.76. The molecule has 166 valence electrons. The molecule has 2 aromatic carbocycles. The van der Waals surface area contributed by atoms with E-state index in [1.807, 2.05) is 49.1 Å². The number of aryl methyl sites for hydroxylation is 2. The van der Waals surface area contributed by atoms with Crippen molar-refractivity contribution in [2.45, 2.75) is 25.3 Å². The van der Waals surface area contributed by atoms with Gasteiger partial charge in [-0.15, -0.1) is 0 Å². The largest absolute Gasteiger partial charge is 0.454 e. The predicted octanol–water partition coefficient (Wildman–Crippen LogP) is 1.65. The van der Waals surface area contributed by atoms with Gasteiger partial charge in [0.15, 0.2) is 11.5 Å². The van der Waals surface area contributed by atoms with E-state index in [0.717, 1.165) is 16.7 Å². The summed E-state index contributed by atoms with van der Waals surface area (Å²) < 4.78 is 38.2. The monoisotopic (exact) mass is 445 g/mol. The summed E-state index contributed by atoms with van der Waals surface area (Å²) in [7, 11) is -3.53. The van der Waals surface area contributed by atoms with Crippen LogP contribution in [0.15, 0.2) is 41.3 Å². The van der Waals surface area contributed by atoms with Crippen LogP contribution in [0, 0.1) is 13.8 Å². The Morgan fingerprint density at radius 3 is 2.52 bits per heavy atom. The van der Waals surface area contributed by atoms with Gasteiger partial charge in [0.1, 0.15) is 0 Å². The molecule has 2 aliphatic heterocycles. The second-order valence-corrected chi connectivity index (χ2v) is 9.82. The maximum atomic E-state index is 13.0. The normalized spacial score (nSPS) is 17.0. The molecule has 0 unspecified atom stereocenters. The Balaban J connectivity index is 1.28. The van der Waals surface area contributed by atoms with Gasteiger partial charge >= 0.3 is 0 Å². The summed E-state index contributed by atoms with van der Waals surface area (Å²) in [6.07, 6.45) is 0. The number of sulfonamides is 1. The first-order valence-electron chi connectivity index (χ1n) is 10.3. The molecule has 2 aliphatic rings. The summed E-state index contributed by atoms with van der Waals surface area (Å²) in [5.41, 5.74) is 2.60. The van der Waals surface area contributed by atoms with Crippen LogP contribution in [0.1, 0.15) is 16.7 Å². The van der Waals surface area contributed by atoms with Gasteiger partial charge in [0.2, 0.25) is 22.7 Å². The number of hydrogen-bond donors (Lipinski definition) is 1. The van der Waals surface area contributed by atoms with Gasteiger partial charge in [-0.1, -0.05) is 18.2 Å². The van der Waals surface area contributed by atoms with Crippen LogP contribution in [0.2, 0.25) is 0 Å². The van der Waals surface area contributed by atoms with Crippen LogP contribution < -0.4 is 14.8 Å². The van der Waals surface area contributed by atoms with E-state index in [1.165, 1.54) is 4.31 Å². The molecule has 4 rings (SSSR count). The molecule has 1 N–H and O–H groups in total. The Hall–Kier alpha value is -2.62. The lowest BCUT2D eigenvalue weighted by atomic mass is 10.2. The molecule has 0 saturated carbocycles. The minimum atomic E-state index is -3.53. The van der Waals surface area contributed by atoms with Gasteiger partial charge in [-0.05, 0) is 48.7 Å². The van der Waals surface area contributed by atoms with E-state index >= 15 is 0 Å². The third-order valence-electron chi connectivity index (χ3n) is 5.59. The minimum absolute atomic E-state index is 0.0940. The number of benzene rings is 2. The zero-order chi connectivity index (χ0) is 22.0. The second-order valence-electron chi connectivity index (χ2n) is 7.91. The van der Waals surface area contributed by atoms with Crippen LogP contribution in [-0.4, -0.2) is 63.0 Å². The van der Waals surface area contributed by atoms with Gasteiger partial charge in [0.25, 0.3) is 0 Å². The van der Waals surface area contributed by atoms with Crippen LogP contribution in [0.5, 0.6) is 11.5 Å². The first-order chi connectivity index (χ1) is 14.8. The molecule has 9 heteroatoms. The molecule has 31 heavy (non-hydrogen) atoms. The highest BCUT2D eigenvalue weighted by Gasteiger charge is 2.30. The van der Waals surface area contributed by atoms with E-state index < -0.39 is 10.0 Å². The lowest BCUT2D eigenvalue weighted by molar-refractivity contribution is -0.122. The van der Waals surface area contributed by atoms with Gasteiger partial charge in [-0.2, -0.15) is 4.31 Å². The number of piperazine rings is 1. The van der Waals surface area contributed by atoms with Gasteiger partial charge < -0.3 is 14.8 Å². The third-order valence-corrected chi connectivity index (χ3v) is 7.63. The van der Waals surface area contributed by atoms with Crippen molar-refractivity contribution in [3.05, 3.63) is 53.1 Å². The number of carbonyl (C=O) groups is 1. The van der Waals surface area contributed by atoms with Crippen molar-refractivity contribution in [2.24, 2.45) is 0 Å². The second kappa shape index (κ2) is 8.86. The average molecular weight is 446 g/mol. The molecule has 0 aromatic heterocycles. The maximum Gasteiger partial charge on any atom is 0.243 e. The number of amides is 1. The standard InChI is InChI=1S/C22H27N3O5S/c1-16-3-4-17(2)21(11-16)31(27,28)25-9-7-24(8-10-25)14-22(26)23-13-18-5-6-19-20(12-18)30-15-29-19/h3-6,11-12H,7-10,13-15H2,1-2H3,(H,23,26). The van der Waals surface area contributed by atoms with Crippen LogP contribution in [-0.2, 0) is 21.4 Å². The molecule has 0 radical (unpaired) electrons. The molecular formula is C22H27N3O5S. The first-order valence-corrected chi connectivity index (χ1v) is 11.7. The van der Waals surface area contributed by atoms with E-state index in [4.69, 9.17) is 9.47 Å². The lowest BCUT2D eigenvalue weighted by Crippen LogP contribution is -2.51. The molecule has 0 atom stereocenters. The summed E-state index contributed by atoms with van der Waals surface area (Å²) in [6, 6.07) is 11.1. The van der Waals surface area contributed by atoms with E-state index in [1.54, 1.807) is 6.07 Å². The number of rotatable bonds is 6. The maximum absolute atomic E-state index is 13.0. The SMILES string of the molecule is Cc1ccc(C)c(S(=O)(=O)N2CCN(CC(=O)NCc3ccc4c(c3)OCO4)CC2)c1. The summed E-state index contributed by atoms with van der Waals surface area (Å²) in [6.45, 7) is 6.32. The minimum Gasteiger partial charge on any atom is -0.454 e. The third kappa shape index (κ3) is 4.84. The van der Waals surface area contributed by atoms with Gasteiger partial charge in [-0.25, -0.2) is 8.42 Å². The zero-order valence-electron chi connectivity index (χ0n) is 17.8. The van der Waals surface area contributed by atoms with Crippen molar-refractivity contribution in [3.63, 3.8) is 0 Å². The Morgan fingerprint density at radius 2 is 1.74 bits per heavy atom. The van der Waals surface area contributed by atoms with Crippen LogP contribution in [0.25, 0.3) is 0 Å². The van der Waals surface area contributed by atoms with Crippen molar-refractivity contribution >= 4 is 15.9 Å². The van der Waals surface area contributed by atoms with Crippen LogP contribution in [0.3, 0.4) is 0 Å². The highest BCUT2D eigenvalue weighted by molar-refractivity contribution is 7.89. The molecule has 0 bridgehead atoms. The average Bonchev–Trinajstić information content (AvgIpc) is 3.22. The summed E-state index contributed by atoms with van der Waals surface area (Å²) in [5.74, 6) is 1.31. The van der Waals surface area contributed by atoms with E-state index in [2.05, 4.69) is 5.32 Å². The fourth-order valence-corrected chi connectivity index (χ4v) is 5.49. The molecule has 2 aromatic rings. The number of carbonyl (C=O) groups excluding carboxylic acids is 1. The number of ether oxygens (including phenoxy) is 2. The molecular weight excluding hydrogens is 418 g/mol. The molecule has 1 saturated heterocycles. The smallest absolute Gasteiger partial charge is 0.243 e.